The van der Waals surface area contributed by atoms with Crippen molar-refractivity contribution in [1.29, 1.82) is 0 Å². The first-order chi connectivity index (χ1) is 13.8. The average Bonchev–Trinajstić information content (AvgIpc) is 2.75. The van der Waals surface area contributed by atoms with E-state index in [0.29, 0.717) is 0 Å². The van der Waals surface area contributed by atoms with E-state index in [-0.39, 0.29) is 0 Å². The summed E-state index contributed by atoms with van der Waals surface area (Å²) in [6.07, 6.45) is 0. The molecule has 4 rings (SSSR count). The van der Waals surface area contributed by atoms with Gasteiger partial charge in [-0.1, -0.05) is 0 Å². The summed E-state index contributed by atoms with van der Waals surface area (Å²) < 4.78 is 16.5. The summed E-state index contributed by atoms with van der Waals surface area (Å²) in [5.74, 6) is 1.84. The summed E-state index contributed by atoms with van der Waals surface area (Å²) in [5, 5.41) is 2.83. The van der Waals surface area contributed by atoms with Crippen LogP contribution in [0.15, 0.2) is 84.9 Å². The Morgan fingerprint density at radius 1 is 0.536 bits per heavy atom. The minimum absolute atomic E-state index is 0.460. The zero-order valence-corrected chi connectivity index (χ0v) is 20.4. The van der Waals surface area contributed by atoms with Crippen molar-refractivity contribution in [2.75, 3.05) is 14.2 Å². The van der Waals surface area contributed by atoms with Crippen molar-refractivity contribution in [1.82, 2.24) is 0 Å². The van der Waals surface area contributed by atoms with Crippen molar-refractivity contribution < 1.29 is 9.47 Å². The second-order valence-corrected chi connectivity index (χ2v) is 12.5. The molecule has 4 aromatic rings. The Morgan fingerprint density at radius 3 is 1.36 bits per heavy atom. The molecule has 4 aromatic carbocycles. The van der Waals surface area contributed by atoms with Crippen LogP contribution in [0.2, 0.25) is 0 Å². The Balaban J connectivity index is 1.70. The van der Waals surface area contributed by atoms with E-state index in [1.54, 1.807) is 14.2 Å². The SMILES string of the molecule is COc1ccc([Te]c2cccc3cccc([Te]c4ccc(OC)cc4)c23)cc1. The Bertz CT molecular complexity index is 990. The quantitative estimate of drug-likeness (QED) is 0.319. The zero-order valence-electron chi connectivity index (χ0n) is 15.7. The molecular formula is C24H20O2Te2. The standard InChI is InChI=1S/C24H20O2Te2/c1-25-18-9-13-20(14-10-18)27-22-7-3-5-17-6-4-8-23(24(17)22)28-21-15-11-19(26-2)12-16-21/h3-16H,1-2H3. The summed E-state index contributed by atoms with van der Waals surface area (Å²) in [4.78, 5) is 0. The van der Waals surface area contributed by atoms with Crippen molar-refractivity contribution >= 4 is 67.1 Å². The summed E-state index contributed by atoms with van der Waals surface area (Å²) in [7, 11) is 3.43. The molecule has 0 aliphatic rings. The number of methoxy groups -OCH3 is 2. The van der Waals surface area contributed by atoms with Gasteiger partial charge in [0.15, 0.2) is 0 Å². The fourth-order valence-electron chi connectivity index (χ4n) is 2.98. The van der Waals surface area contributed by atoms with Crippen molar-refractivity contribution in [2.45, 2.75) is 0 Å². The van der Waals surface area contributed by atoms with Gasteiger partial charge < -0.3 is 0 Å². The molecule has 0 spiro atoms. The minimum atomic E-state index is -0.460. The maximum absolute atomic E-state index is 5.30. The summed E-state index contributed by atoms with van der Waals surface area (Å²) in [6, 6.07) is 30.6. The van der Waals surface area contributed by atoms with Crippen LogP contribution in [0.1, 0.15) is 0 Å². The van der Waals surface area contributed by atoms with E-state index < -0.39 is 41.8 Å². The average molecular weight is 596 g/mol. The molecule has 28 heavy (non-hydrogen) atoms. The van der Waals surface area contributed by atoms with E-state index in [4.69, 9.17) is 9.47 Å². The molecule has 0 atom stereocenters. The molecule has 0 heterocycles. The summed E-state index contributed by atoms with van der Waals surface area (Å²) in [5.41, 5.74) is 0. The van der Waals surface area contributed by atoms with Crippen LogP contribution in [0.4, 0.5) is 0 Å². The van der Waals surface area contributed by atoms with E-state index in [0.717, 1.165) is 11.5 Å². The molecule has 0 saturated carbocycles. The third kappa shape index (κ3) is 4.48. The van der Waals surface area contributed by atoms with Crippen molar-refractivity contribution in [3.63, 3.8) is 0 Å². The molecule has 2 nitrogen and oxygen atoms in total. The van der Waals surface area contributed by atoms with Crippen LogP contribution in [0.5, 0.6) is 11.5 Å². The Kier molecular flexibility index (Phi) is 6.46. The molecule has 0 amide bonds. The van der Waals surface area contributed by atoms with Crippen molar-refractivity contribution in [3.8, 4) is 11.5 Å². The molecule has 0 aliphatic heterocycles. The van der Waals surface area contributed by atoms with Gasteiger partial charge in [-0.3, -0.25) is 0 Å². The molecule has 4 heteroatoms. The van der Waals surface area contributed by atoms with Gasteiger partial charge in [0.05, 0.1) is 0 Å². The van der Waals surface area contributed by atoms with Gasteiger partial charge in [-0.05, 0) is 0 Å². The molecule has 0 bridgehead atoms. The first-order valence-corrected chi connectivity index (χ1v) is 13.6. The summed E-state index contributed by atoms with van der Waals surface area (Å²) in [6.45, 7) is 0. The monoisotopic (exact) mass is 600 g/mol. The number of benzene rings is 4. The molecule has 0 fully saturated rings. The van der Waals surface area contributed by atoms with E-state index in [1.807, 2.05) is 0 Å². The molecule has 0 saturated heterocycles. The van der Waals surface area contributed by atoms with E-state index in [2.05, 4.69) is 84.9 Å². The fraction of sp³-hybridized carbons (Fsp3) is 0.0833. The third-order valence-electron chi connectivity index (χ3n) is 4.40. The van der Waals surface area contributed by atoms with Crippen LogP contribution >= 0.6 is 0 Å². The number of fused-ring (bicyclic) bond motifs is 1. The van der Waals surface area contributed by atoms with Crippen LogP contribution in [0.3, 0.4) is 0 Å². The number of hydrogen-bond acceptors (Lipinski definition) is 2. The third-order valence-corrected chi connectivity index (χ3v) is 10.5. The zero-order chi connectivity index (χ0) is 19.3. The van der Waals surface area contributed by atoms with Gasteiger partial charge in [0.25, 0.3) is 0 Å². The summed E-state index contributed by atoms with van der Waals surface area (Å²) >= 11 is -0.921. The normalized spacial score (nSPS) is 10.8. The second kappa shape index (κ2) is 9.21. The van der Waals surface area contributed by atoms with Crippen molar-refractivity contribution in [3.05, 3.63) is 84.9 Å². The van der Waals surface area contributed by atoms with Gasteiger partial charge in [0.1, 0.15) is 0 Å². The number of ether oxygens (including phenoxy) is 2. The predicted octanol–water partition coefficient (Wildman–Crippen LogP) is 2.17. The predicted molar refractivity (Wildman–Crippen MR) is 120 cm³/mol. The first kappa shape index (κ1) is 19.6. The van der Waals surface area contributed by atoms with E-state index >= 15 is 0 Å². The Labute approximate surface area is 186 Å². The van der Waals surface area contributed by atoms with Crippen LogP contribution in [0, 0.1) is 0 Å². The molecule has 0 unspecified atom stereocenters. The van der Waals surface area contributed by atoms with Gasteiger partial charge in [-0.25, -0.2) is 0 Å². The Morgan fingerprint density at radius 2 is 0.964 bits per heavy atom. The second-order valence-electron chi connectivity index (χ2n) is 6.17. The van der Waals surface area contributed by atoms with E-state index in [9.17, 15) is 0 Å². The van der Waals surface area contributed by atoms with Crippen LogP contribution in [0.25, 0.3) is 10.8 Å². The van der Waals surface area contributed by atoms with E-state index in [1.165, 1.54) is 25.2 Å². The van der Waals surface area contributed by atoms with Gasteiger partial charge in [-0.15, -0.1) is 0 Å². The molecule has 0 aromatic heterocycles. The molecule has 140 valence electrons. The topological polar surface area (TPSA) is 18.5 Å². The number of hydrogen-bond donors (Lipinski definition) is 0. The van der Waals surface area contributed by atoms with Crippen LogP contribution in [-0.2, 0) is 0 Å². The molecule has 0 radical (unpaired) electrons. The molecule has 0 N–H and O–H groups in total. The Hall–Kier alpha value is -1.68. The van der Waals surface area contributed by atoms with Gasteiger partial charge in [-0.2, -0.15) is 0 Å². The van der Waals surface area contributed by atoms with Crippen LogP contribution < -0.4 is 23.9 Å². The first-order valence-electron chi connectivity index (χ1n) is 8.92. The van der Waals surface area contributed by atoms with Gasteiger partial charge in [0, 0.05) is 0 Å². The maximum atomic E-state index is 5.30. The van der Waals surface area contributed by atoms with Gasteiger partial charge >= 0.3 is 187 Å². The molecule has 0 aliphatic carbocycles. The van der Waals surface area contributed by atoms with Gasteiger partial charge in [0.2, 0.25) is 0 Å². The molecular weight excluding hydrogens is 575 g/mol. The van der Waals surface area contributed by atoms with Crippen LogP contribution in [-0.4, -0.2) is 56.1 Å². The van der Waals surface area contributed by atoms with Crippen molar-refractivity contribution in [2.24, 2.45) is 0 Å². The number of rotatable bonds is 6. The fourth-order valence-corrected chi connectivity index (χ4v) is 9.33.